The van der Waals surface area contributed by atoms with Gasteiger partial charge < -0.3 is 11.1 Å². The van der Waals surface area contributed by atoms with Crippen LogP contribution in [0, 0.1) is 11.2 Å². The Morgan fingerprint density at radius 3 is 2.42 bits per heavy atom. The summed E-state index contributed by atoms with van der Waals surface area (Å²) in [4.78, 5) is 12.5. The Morgan fingerprint density at radius 1 is 1.21 bits per heavy atom. The minimum atomic E-state index is -0.529. The van der Waals surface area contributed by atoms with E-state index < -0.39 is 11.2 Å². The SMILES string of the molecule is NCC1(C(=O)Nc2ccccc2F)CCCCCC1. The fourth-order valence-electron chi connectivity index (χ4n) is 2.75. The van der Waals surface area contributed by atoms with E-state index in [4.69, 9.17) is 5.73 Å². The van der Waals surface area contributed by atoms with Crippen LogP contribution in [0.4, 0.5) is 10.1 Å². The van der Waals surface area contributed by atoms with E-state index in [1.165, 1.54) is 6.07 Å². The van der Waals surface area contributed by atoms with Gasteiger partial charge in [-0.2, -0.15) is 0 Å². The van der Waals surface area contributed by atoms with Crippen LogP contribution in [0.15, 0.2) is 24.3 Å². The molecule has 1 aromatic rings. The van der Waals surface area contributed by atoms with Gasteiger partial charge in [-0.3, -0.25) is 4.79 Å². The average Bonchev–Trinajstić information content (AvgIpc) is 2.67. The second kappa shape index (κ2) is 6.15. The van der Waals surface area contributed by atoms with Crippen molar-refractivity contribution in [3.63, 3.8) is 0 Å². The third-order valence-corrected chi connectivity index (χ3v) is 4.06. The van der Waals surface area contributed by atoms with Gasteiger partial charge >= 0.3 is 0 Å². The van der Waals surface area contributed by atoms with Gasteiger partial charge in [-0.05, 0) is 25.0 Å². The van der Waals surface area contributed by atoms with Gasteiger partial charge in [0.15, 0.2) is 0 Å². The highest BCUT2D eigenvalue weighted by Crippen LogP contribution is 2.35. The topological polar surface area (TPSA) is 55.1 Å². The summed E-state index contributed by atoms with van der Waals surface area (Å²) in [6.45, 7) is 0.327. The zero-order valence-corrected chi connectivity index (χ0v) is 11.1. The molecule has 0 aromatic heterocycles. The Morgan fingerprint density at radius 2 is 1.84 bits per heavy atom. The van der Waals surface area contributed by atoms with Gasteiger partial charge in [-0.25, -0.2) is 4.39 Å². The highest BCUT2D eigenvalue weighted by molar-refractivity contribution is 5.95. The monoisotopic (exact) mass is 264 g/mol. The van der Waals surface area contributed by atoms with E-state index in [2.05, 4.69) is 5.32 Å². The van der Waals surface area contributed by atoms with Crippen LogP contribution in [0.5, 0.6) is 0 Å². The maximum absolute atomic E-state index is 13.6. The van der Waals surface area contributed by atoms with Crippen molar-refractivity contribution < 1.29 is 9.18 Å². The largest absolute Gasteiger partial charge is 0.329 e. The molecule has 1 amide bonds. The first-order chi connectivity index (χ1) is 9.18. The summed E-state index contributed by atoms with van der Waals surface area (Å²) in [6.07, 6.45) is 5.92. The minimum Gasteiger partial charge on any atom is -0.329 e. The molecule has 0 saturated heterocycles. The zero-order valence-electron chi connectivity index (χ0n) is 11.1. The van der Waals surface area contributed by atoms with Crippen LogP contribution in [0.1, 0.15) is 38.5 Å². The van der Waals surface area contributed by atoms with E-state index >= 15 is 0 Å². The molecule has 104 valence electrons. The molecule has 4 heteroatoms. The Hall–Kier alpha value is -1.42. The lowest BCUT2D eigenvalue weighted by atomic mass is 9.79. The van der Waals surface area contributed by atoms with Gasteiger partial charge in [0.25, 0.3) is 0 Å². The van der Waals surface area contributed by atoms with Crippen LogP contribution >= 0.6 is 0 Å². The van der Waals surface area contributed by atoms with Crippen molar-refractivity contribution in [1.29, 1.82) is 0 Å². The summed E-state index contributed by atoms with van der Waals surface area (Å²) >= 11 is 0. The second-order valence-electron chi connectivity index (χ2n) is 5.33. The molecule has 3 nitrogen and oxygen atoms in total. The number of anilines is 1. The number of hydrogen-bond donors (Lipinski definition) is 2. The Kier molecular flexibility index (Phi) is 4.53. The predicted octanol–water partition coefficient (Wildman–Crippen LogP) is 3.06. The number of amides is 1. The average molecular weight is 264 g/mol. The van der Waals surface area contributed by atoms with Crippen LogP contribution in [-0.4, -0.2) is 12.5 Å². The highest BCUT2D eigenvalue weighted by atomic mass is 19.1. The van der Waals surface area contributed by atoms with Crippen molar-refractivity contribution >= 4 is 11.6 Å². The van der Waals surface area contributed by atoms with Crippen LogP contribution in [0.2, 0.25) is 0 Å². The maximum Gasteiger partial charge on any atom is 0.231 e. The molecule has 0 bridgehead atoms. The summed E-state index contributed by atoms with van der Waals surface area (Å²) in [5.41, 5.74) is 5.56. The number of carbonyl (C=O) groups excluding carboxylic acids is 1. The fourth-order valence-corrected chi connectivity index (χ4v) is 2.75. The van der Waals surface area contributed by atoms with Gasteiger partial charge in [0.1, 0.15) is 5.82 Å². The summed E-state index contributed by atoms with van der Waals surface area (Å²) in [7, 11) is 0. The molecule has 19 heavy (non-hydrogen) atoms. The maximum atomic E-state index is 13.6. The van der Waals surface area contributed by atoms with Gasteiger partial charge in [0.2, 0.25) is 5.91 Å². The Balaban J connectivity index is 2.14. The molecular formula is C15H21FN2O. The van der Waals surface area contributed by atoms with E-state index in [1.807, 2.05) is 0 Å². The van der Waals surface area contributed by atoms with Crippen molar-refractivity contribution in [3.05, 3.63) is 30.1 Å². The third-order valence-electron chi connectivity index (χ3n) is 4.06. The Bertz CT molecular complexity index is 440. The lowest BCUT2D eigenvalue weighted by Gasteiger charge is -2.29. The van der Waals surface area contributed by atoms with Crippen LogP contribution in [0.25, 0.3) is 0 Å². The molecule has 2 rings (SSSR count). The molecule has 0 spiro atoms. The van der Waals surface area contributed by atoms with E-state index in [0.29, 0.717) is 6.54 Å². The first-order valence-corrected chi connectivity index (χ1v) is 6.94. The van der Waals surface area contributed by atoms with Gasteiger partial charge in [0, 0.05) is 6.54 Å². The molecule has 0 unspecified atom stereocenters. The Labute approximate surface area is 113 Å². The fraction of sp³-hybridized carbons (Fsp3) is 0.533. The number of hydrogen-bond acceptors (Lipinski definition) is 2. The van der Waals surface area contributed by atoms with E-state index in [1.54, 1.807) is 18.2 Å². The minimum absolute atomic E-state index is 0.137. The molecule has 1 saturated carbocycles. The number of para-hydroxylation sites is 1. The van der Waals surface area contributed by atoms with E-state index in [-0.39, 0.29) is 11.6 Å². The standard InChI is InChI=1S/C15H21FN2O/c16-12-7-3-4-8-13(12)18-14(19)15(11-17)9-5-1-2-6-10-15/h3-4,7-8H,1-2,5-6,9-11,17H2,(H,18,19). The number of carbonyl (C=O) groups is 1. The lowest BCUT2D eigenvalue weighted by Crippen LogP contribution is -2.42. The number of nitrogens with one attached hydrogen (secondary N) is 1. The number of rotatable bonds is 3. The molecule has 0 aliphatic heterocycles. The van der Waals surface area contributed by atoms with Crippen molar-refractivity contribution in [2.45, 2.75) is 38.5 Å². The molecule has 1 fully saturated rings. The molecule has 1 aliphatic rings. The first-order valence-electron chi connectivity index (χ1n) is 6.94. The quantitative estimate of drug-likeness (QED) is 0.824. The van der Waals surface area contributed by atoms with Crippen LogP contribution in [-0.2, 0) is 4.79 Å². The number of benzene rings is 1. The molecule has 0 radical (unpaired) electrons. The normalized spacial score (nSPS) is 18.6. The van der Waals surface area contributed by atoms with Crippen molar-refractivity contribution in [2.24, 2.45) is 11.1 Å². The predicted molar refractivity (Wildman–Crippen MR) is 74.2 cm³/mol. The number of halogens is 1. The summed E-state index contributed by atoms with van der Waals surface area (Å²) in [5.74, 6) is -0.543. The van der Waals surface area contributed by atoms with Crippen LogP contribution in [0.3, 0.4) is 0 Å². The molecule has 1 aliphatic carbocycles. The van der Waals surface area contributed by atoms with Gasteiger partial charge in [-0.15, -0.1) is 0 Å². The lowest BCUT2D eigenvalue weighted by molar-refractivity contribution is -0.125. The molecule has 3 N–H and O–H groups in total. The summed E-state index contributed by atoms with van der Waals surface area (Å²) in [6, 6.07) is 6.24. The second-order valence-corrected chi connectivity index (χ2v) is 5.33. The smallest absolute Gasteiger partial charge is 0.231 e. The van der Waals surface area contributed by atoms with Crippen molar-refractivity contribution in [1.82, 2.24) is 0 Å². The van der Waals surface area contributed by atoms with Crippen LogP contribution < -0.4 is 11.1 Å². The summed E-state index contributed by atoms with van der Waals surface area (Å²) in [5, 5.41) is 2.71. The molecular weight excluding hydrogens is 243 g/mol. The molecule has 0 heterocycles. The van der Waals surface area contributed by atoms with Gasteiger partial charge in [-0.1, -0.05) is 37.8 Å². The van der Waals surface area contributed by atoms with Crippen molar-refractivity contribution in [3.8, 4) is 0 Å². The van der Waals surface area contributed by atoms with Crippen molar-refractivity contribution in [2.75, 3.05) is 11.9 Å². The molecule has 1 aromatic carbocycles. The highest BCUT2D eigenvalue weighted by Gasteiger charge is 2.37. The number of nitrogens with two attached hydrogens (primary N) is 1. The molecule has 0 atom stereocenters. The third kappa shape index (κ3) is 3.13. The zero-order chi connectivity index (χ0) is 13.7. The van der Waals surface area contributed by atoms with Gasteiger partial charge in [0.05, 0.1) is 11.1 Å². The first kappa shape index (κ1) is 14.0. The van der Waals surface area contributed by atoms with E-state index in [9.17, 15) is 9.18 Å². The summed E-state index contributed by atoms with van der Waals surface area (Å²) < 4.78 is 13.6. The van der Waals surface area contributed by atoms with E-state index in [0.717, 1.165) is 38.5 Å².